The van der Waals surface area contributed by atoms with Crippen LogP contribution in [0, 0.1) is 5.82 Å². The third-order valence-corrected chi connectivity index (χ3v) is 8.52. The Morgan fingerprint density at radius 1 is 1.02 bits per heavy atom. The summed E-state index contributed by atoms with van der Waals surface area (Å²) in [6.45, 7) is 8.74. The Kier molecular flexibility index (Phi) is 10.2. The lowest BCUT2D eigenvalue weighted by molar-refractivity contribution is -0.121. The Hall–Kier alpha value is -5.50. The van der Waals surface area contributed by atoms with Gasteiger partial charge in [0.1, 0.15) is 24.6 Å². The Labute approximate surface area is 294 Å². The Morgan fingerprint density at radius 3 is 2.45 bits per heavy atom. The lowest BCUT2D eigenvalue weighted by atomic mass is 10.2. The first-order valence-electron chi connectivity index (χ1n) is 16.8. The van der Waals surface area contributed by atoms with E-state index in [1.807, 2.05) is 37.3 Å². The molecule has 2 aromatic carbocycles. The van der Waals surface area contributed by atoms with Crippen LogP contribution in [0.2, 0.25) is 0 Å². The number of halogens is 1. The van der Waals surface area contributed by atoms with Gasteiger partial charge in [-0.25, -0.2) is 14.2 Å². The molecule has 4 aromatic rings. The highest BCUT2D eigenvalue weighted by atomic mass is 19.1. The van der Waals surface area contributed by atoms with Crippen LogP contribution >= 0.6 is 0 Å². The third kappa shape index (κ3) is 8.12. The molecule has 2 aromatic heterocycles. The summed E-state index contributed by atoms with van der Waals surface area (Å²) in [4.78, 5) is 64.5. The normalized spacial score (nSPS) is 16.7. The van der Waals surface area contributed by atoms with E-state index in [-0.39, 0.29) is 55.9 Å². The molecule has 6 rings (SSSR count). The van der Waals surface area contributed by atoms with Gasteiger partial charge in [-0.05, 0) is 57.0 Å². The fraction of sp³-hybridized carbons (Fsp3) is 0.378. The van der Waals surface area contributed by atoms with Crippen molar-refractivity contribution in [1.29, 1.82) is 0 Å². The molecule has 2 aliphatic rings. The molecule has 0 bridgehead atoms. The number of hydrogen-bond acceptors (Lipinski definition) is 9. The fourth-order valence-electron chi connectivity index (χ4n) is 5.95. The summed E-state index contributed by atoms with van der Waals surface area (Å²) in [6.07, 6.45) is 1.03. The van der Waals surface area contributed by atoms with Crippen LogP contribution in [0.4, 0.5) is 20.6 Å². The molecule has 14 heteroatoms. The van der Waals surface area contributed by atoms with Gasteiger partial charge in [-0.2, -0.15) is 0 Å². The van der Waals surface area contributed by atoms with E-state index in [1.54, 1.807) is 45.2 Å². The number of ether oxygens (including phenoxy) is 3. The van der Waals surface area contributed by atoms with E-state index in [2.05, 4.69) is 10.2 Å². The molecule has 1 unspecified atom stereocenters. The molecule has 2 saturated heterocycles. The fourth-order valence-corrected chi connectivity index (χ4v) is 5.95. The van der Waals surface area contributed by atoms with Gasteiger partial charge in [0.25, 0.3) is 5.91 Å². The van der Waals surface area contributed by atoms with Crippen molar-refractivity contribution < 1.29 is 33.0 Å². The van der Waals surface area contributed by atoms with E-state index in [0.717, 1.165) is 5.56 Å². The first-order valence-corrected chi connectivity index (χ1v) is 16.8. The first kappa shape index (κ1) is 35.3. The van der Waals surface area contributed by atoms with E-state index in [9.17, 15) is 23.6 Å². The average molecular weight is 701 g/mol. The van der Waals surface area contributed by atoms with E-state index in [4.69, 9.17) is 19.2 Å². The van der Waals surface area contributed by atoms with Gasteiger partial charge < -0.3 is 29.3 Å². The predicted molar refractivity (Wildman–Crippen MR) is 188 cm³/mol. The van der Waals surface area contributed by atoms with Crippen LogP contribution in [-0.4, -0.2) is 83.2 Å². The summed E-state index contributed by atoms with van der Waals surface area (Å²) < 4.78 is 32.0. The maximum Gasteiger partial charge on any atom is 0.410 e. The van der Waals surface area contributed by atoms with Crippen LogP contribution in [0.25, 0.3) is 5.65 Å². The Bertz CT molecular complexity index is 1980. The van der Waals surface area contributed by atoms with Gasteiger partial charge in [0.15, 0.2) is 11.3 Å². The maximum absolute atomic E-state index is 14.5. The topological polar surface area (TPSA) is 135 Å². The molecule has 51 heavy (non-hydrogen) atoms. The van der Waals surface area contributed by atoms with Crippen LogP contribution in [0.15, 0.2) is 71.7 Å². The lowest BCUT2D eigenvalue weighted by Crippen LogP contribution is -2.53. The van der Waals surface area contributed by atoms with Gasteiger partial charge in [-0.15, -0.1) is 0 Å². The summed E-state index contributed by atoms with van der Waals surface area (Å²) in [5.74, 6) is -1.79. The molecule has 268 valence electrons. The third-order valence-electron chi connectivity index (χ3n) is 8.52. The number of benzene rings is 2. The van der Waals surface area contributed by atoms with Crippen LogP contribution in [0.1, 0.15) is 49.3 Å². The highest BCUT2D eigenvalue weighted by Crippen LogP contribution is 2.31. The minimum Gasteiger partial charge on any atom is -0.481 e. The quantitative estimate of drug-likeness (QED) is 0.288. The zero-order valence-electron chi connectivity index (χ0n) is 29.1. The molecular weight excluding hydrogens is 659 g/mol. The van der Waals surface area contributed by atoms with Crippen LogP contribution < -0.4 is 25.4 Å². The molecule has 0 radical (unpaired) electrons. The van der Waals surface area contributed by atoms with Crippen molar-refractivity contribution in [2.24, 2.45) is 0 Å². The summed E-state index contributed by atoms with van der Waals surface area (Å²) in [5.41, 5.74) is 0.731. The van der Waals surface area contributed by atoms with E-state index >= 15 is 0 Å². The Morgan fingerprint density at radius 2 is 1.76 bits per heavy atom. The number of aromatic nitrogens is 2. The number of morpholine rings is 1. The van der Waals surface area contributed by atoms with Gasteiger partial charge in [-0.3, -0.25) is 23.7 Å². The molecule has 4 heterocycles. The molecule has 13 nitrogen and oxygen atoms in total. The second-order valence-corrected chi connectivity index (χ2v) is 13.5. The molecule has 0 saturated carbocycles. The summed E-state index contributed by atoms with van der Waals surface area (Å²) in [5, 5.41) is 2.77. The molecule has 2 aliphatic heterocycles. The molecular formula is C37H41FN6O7. The smallest absolute Gasteiger partial charge is 0.410 e. The van der Waals surface area contributed by atoms with Crippen molar-refractivity contribution >= 4 is 34.9 Å². The predicted octanol–water partition coefficient (Wildman–Crippen LogP) is 4.15. The average Bonchev–Trinajstić information content (AvgIpc) is 3.10. The van der Waals surface area contributed by atoms with E-state index in [0.29, 0.717) is 36.7 Å². The Balaban J connectivity index is 1.44. The highest BCUT2D eigenvalue weighted by Gasteiger charge is 2.34. The number of amides is 3. The zero-order chi connectivity index (χ0) is 36.3. The van der Waals surface area contributed by atoms with Gasteiger partial charge in [-0.1, -0.05) is 42.5 Å². The van der Waals surface area contributed by atoms with E-state index < -0.39 is 34.9 Å². The highest BCUT2D eigenvalue weighted by molar-refractivity contribution is 6.01. The lowest BCUT2D eigenvalue weighted by Gasteiger charge is -2.37. The maximum atomic E-state index is 14.5. The van der Waals surface area contributed by atoms with Crippen molar-refractivity contribution in [3.8, 4) is 5.75 Å². The number of hydrogen-bond donors (Lipinski definition) is 1. The SMILES string of the molecule is CC1COCCN1c1cc(N2CCN(C(=O)OC(C)(C)C)CC2=O)c2nc(C(=O)NCc3ccc(F)cc3)c(OCc3ccccc3)c(=O)n2c1. The molecule has 3 amide bonds. The number of pyridine rings is 1. The second kappa shape index (κ2) is 14.8. The first-order chi connectivity index (χ1) is 24.4. The van der Waals surface area contributed by atoms with Crippen LogP contribution in [0.3, 0.4) is 0 Å². The van der Waals surface area contributed by atoms with Gasteiger partial charge in [0.2, 0.25) is 11.7 Å². The van der Waals surface area contributed by atoms with Gasteiger partial charge in [0.05, 0.1) is 24.6 Å². The number of nitrogens with one attached hydrogen (secondary N) is 1. The number of carbonyl (C=O) groups is 3. The molecule has 2 fully saturated rings. The minimum atomic E-state index is -0.740. The summed E-state index contributed by atoms with van der Waals surface area (Å²) in [7, 11) is 0. The minimum absolute atomic E-state index is 0.0137. The van der Waals surface area contributed by atoms with Gasteiger partial charge in [0, 0.05) is 38.4 Å². The van der Waals surface area contributed by atoms with Crippen molar-refractivity contribution in [3.63, 3.8) is 0 Å². The van der Waals surface area contributed by atoms with Crippen molar-refractivity contribution in [2.45, 2.75) is 52.5 Å². The number of rotatable bonds is 8. The second-order valence-electron chi connectivity index (χ2n) is 13.5. The van der Waals surface area contributed by atoms with Crippen molar-refractivity contribution in [2.75, 3.05) is 49.2 Å². The molecule has 1 atom stereocenters. The monoisotopic (exact) mass is 700 g/mol. The number of carbonyl (C=O) groups excluding carboxylic acids is 3. The standard InChI is InChI=1S/C37H41FN6O7/c1-24-22-49-17-16-42(24)28-18-29(43-15-14-41(21-30(43)45)36(48)51-37(2,3)4)33-40-31(34(46)39-19-25-10-12-27(38)13-11-25)32(35(47)44(33)20-28)50-23-26-8-6-5-7-9-26/h5-13,18,20,24H,14-17,19,21-23H2,1-4H3,(H,39,46). The van der Waals surface area contributed by atoms with Crippen molar-refractivity contribution in [3.05, 3.63) is 99.9 Å². The zero-order valence-corrected chi connectivity index (χ0v) is 29.1. The largest absolute Gasteiger partial charge is 0.481 e. The number of piperazine rings is 1. The molecule has 0 spiro atoms. The molecule has 0 aliphatic carbocycles. The van der Waals surface area contributed by atoms with Crippen LogP contribution in [-0.2, 0) is 27.4 Å². The van der Waals surface area contributed by atoms with E-state index in [1.165, 1.54) is 26.3 Å². The molecule has 1 N–H and O–H groups in total. The number of nitrogens with zero attached hydrogens (tertiary/aromatic N) is 5. The summed E-state index contributed by atoms with van der Waals surface area (Å²) in [6, 6.07) is 16.6. The van der Waals surface area contributed by atoms with Crippen LogP contribution in [0.5, 0.6) is 5.75 Å². The summed E-state index contributed by atoms with van der Waals surface area (Å²) >= 11 is 0. The van der Waals surface area contributed by atoms with Crippen molar-refractivity contribution in [1.82, 2.24) is 19.6 Å². The van der Waals surface area contributed by atoms with Gasteiger partial charge >= 0.3 is 11.7 Å². The number of anilines is 2. The number of fused-ring (bicyclic) bond motifs is 1.